The van der Waals surface area contributed by atoms with Gasteiger partial charge in [-0.2, -0.15) is 0 Å². The number of fused-ring (bicyclic) bond motifs is 1. The third-order valence-electron chi connectivity index (χ3n) is 5.34. The Morgan fingerprint density at radius 2 is 1.88 bits per heavy atom. The minimum absolute atomic E-state index is 0.0377. The van der Waals surface area contributed by atoms with Gasteiger partial charge in [-0.3, -0.25) is 9.59 Å². The van der Waals surface area contributed by atoms with Gasteiger partial charge in [0.15, 0.2) is 0 Å². The van der Waals surface area contributed by atoms with Gasteiger partial charge in [0, 0.05) is 13.1 Å². The quantitative estimate of drug-likeness (QED) is 0.868. The van der Waals surface area contributed by atoms with Crippen LogP contribution in [-0.2, 0) is 14.4 Å². The molecule has 2 amide bonds. The summed E-state index contributed by atoms with van der Waals surface area (Å²) in [7, 11) is 0. The molecule has 0 unspecified atom stereocenters. The van der Waals surface area contributed by atoms with E-state index in [2.05, 4.69) is 5.32 Å². The molecule has 0 saturated heterocycles. The van der Waals surface area contributed by atoms with Crippen molar-refractivity contribution in [3.63, 3.8) is 0 Å². The van der Waals surface area contributed by atoms with Crippen LogP contribution >= 0.6 is 0 Å². The predicted molar refractivity (Wildman–Crippen MR) is 96.9 cm³/mol. The van der Waals surface area contributed by atoms with Crippen molar-refractivity contribution in [2.75, 3.05) is 0 Å². The molecule has 138 valence electrons. The lowest BCUT2D eigenvalue weighted by Gasteiger charge is -2.36. The van der Waals surface area contributed by atoms with E-state index in [0.717, 1.165) is 30.4 Å². The lowest BCUT2D eigenvalue weighted by Crippen LogP contribution is -2.56. The first kappa shape index (κ1) is 18.2. The van der Waals surface area contributed by atoms with Crippen LogP contribution in [0.3, 0.4) is 0 Å². The number of nitrogens with one attached hydrogen (secondary N) is 1. The van der Waals surface area contributed by atoms with Crippen LogP contribution in [0.2, 0.25) is 0 Å². The molecular formula is C20H24N2O4. The summed E-state index contributed by atoms with van der Waals surface area (Å²) in [5.74, 6) is -1.47. The maximum atomic E-state index is 12.7. The molecule has 2 N–H and O–H groups in total. The van der Waals surface area contributed by atoms with E-state index < -0.39 is 17.6 Å². The van der Waals surface area contributed by atoms with E-state index in [1.54, 1.807) is 6.20 Å². The molecule has 0 aromatic heterocycles. The number of benzene rings is 1. The summed E-state index contributed by atoms with van der Waals surface area (Å²) in [4.78, 5) is 38.1. The molecule has 1 fully saturated rings. The number of carboxylic acids is 1. The maximum absolute atomic E-state index is 12.7. The van der Waals surface area contributed by atoms with Gasteiger partial charge >= 0.3 is 5.97 Å². The fourth-order valence-electron chi connectivity index (χ4n) is 3.95. The normalized spacial score (nSPS) is 21.0. The van der Waals surface area contributed by atoms with Crippen molar-refractivity contribution in [3.05, 3.63) is 41.6 Å². The largest absolute Gasteiger partial charge is 0.480 e. The Labute approximate surface area is 152 Å². The van der Waals surface area contributed by atoms with Crippen molar-refractivity contribution in [1.29, 1.82) is 0 Å². The van der Waals surface area contributed by atoms with Crippen molar-refractivity contribution in [2.45, 2.75) is 57.0 Å². The zero-order valence-electron chi connectivity index (χ0n) is 14.9. The van der Waals surface area contributed by atoms with Crippen LogP contribution in [0.4, 0.5) is 0 Å². The van der Waals surface area contributed by atoms with Crippen molar-refractivity contribution in [2.24, 2.45) is 0 Å². The first-order valence-electron chi connectivity index (χ1n) is 9.03. The number of aliphatic carboxylic acids is 1. The fraction of sp³-hybridized carbons (Fsp3) is 0.450. The number of carboxylic acid groups (broad SMARTS) is 1. The molecule has 6 nitrogen and oxygen atoms in total. The zero-order valence-corrected chi connectivity index (χ0v) is 14.9. The predicted octanol–water partition coefficient (Wildman–Crippen LogP) is 2.85. The van der Waals surface area contributed by atoms with E-state index in [-0.39, 0.29) is 18.2 Å². The van der Waals surface area contributed by atoms with E-state index in [0.29, 0.717) is 12.8 Å². The Balaban J connectivity index is 1.81. The summed E-state index contributed by atoms with van der Waals surface area (Å²) >= 11 is 0. The Morgan fingerprint density at radius 1 is 1.19 bits per heavy atom. The van der Waals surface area contributed by atoms with E-state index in [9.17, 15) is 19.5 Å². The number of carbonyl (C=O) groups is 3. The Bertz CT molecular complexity index is 750. The van der Waals surface area contributed by atoms with E-state index >= 15 is 0 Å². The lowest BCUT2D eigenvalue weighted by molar-refractivity contribution is -0.149. The molecule has 2 aliphatic rings. The molecule has 6 heteroatoms. The van der Waals surface area contributed by atoms with Crippen LogP contribution in [0.1, 0.15) is 62.6 Å². The Hall–Kier alpha value is -2.63. The van der Waals surface area contributed by atoms with E-state index in [1.165, 1.54) is 11.8 Å². The Kier molecular flexibility index (Phi) is 5.11. The topological polar surface area (TPSA) is 86.7 Å². The summed E-state index contributed by atoms with van der Waals surface area (Å²) in [5.41, 5.74) is 0.683. The van der Waals surface area contributed by atoms with Gasteiger partial charge in [-0.15, -0.1) is 0 Å². The number of hydrogen-bond acceptors (Lipinski definition) is 3. The minimum Gasteiger partial charge on any atom is -0.480 e. The van der Waals surface area contributed by atoms with E-state index in [1.807, 2.05) is 30.3 Å². The molecule has 1 saturated carbocycles. The molecule has 0 radical (unpaired) electrons. The fourth-order valence-corrected chi connectivity index (χ4v) is 3.95. The van der Waals surface area contributed by atoms with Crippen LogP contribution in [-0.4, -0.2) is 33.3 Å². The molecule has 0 spiro atoms. The Morgan fingerprint density at radius 3 is 2.54 bits per heavy atom. The molecule has 3 rings (SSSR count). The molecular weight excluding hydrogens is 332 g/mol. The first-order chi connectivity index (χ1) is 12.4. The van der Waals surface area contributed by atoms with Gasteiger partial charge in [0.2, 0.25) is 11.8 Å². The smallest absolute Gasteiger partial charge is 0.329 e. The number of carbonyl (C=O) groups excluding carboxylic acids is 2. The van der Waals surface area contributed by atoms with Gasteiger partial charge in [0.05, 0.1) is 12.5 Å². The van der Waals surface area contributed by atoms with Crippen LogP contribution in [0.25, 0.3) is 6.08 Å². The highest BCUT2D eigenvalue weighted by Gasteiger charge is 2.41. The molecule has 1 aromatic carbocycles. The van der Waals surface area contributed by atoms with Crippen LogP contribution in [0, 0.1) is 0 Å². The highest BCUT2D eigenvalue weighted by Crippen LogP contribution is 2.34. The van der Waals surface area contributed by atoms with Crippen molar-refractivity contribution < 1.29 is 19.5 Å². The molecule has 1 aliphatic carbocycles. The minimum atomic E-state index is -1.18. The average Bonchev–Trinajstić information content (AvgIpc) is 2.62. The van der Waals surface area contributed by atoms with Gasteiger partial charge in [0.1, 0.15) is 5.54 Å². The molecule has 0 bridgehead atoms. The molecule has 26 heavy (non-hydrogen) atoms. The van der Waals surface area contributed by atoms with Crippen LogP contribution in [0.5, 0.6) is 0 Å². The number of nitrogens with zero attached hydrogens (tertiary/aromatic N) is 1. The zero-order chi connectivity index (χ0) is 18.7. The molecule has 1 atom stereocenters. The second kappa shape index (κ2) is 7.32. The third-order valence-corrected chi connectivity index (χ3v) is 5.34. The molecule has 1 aromatic rings. The first-order valence-corrected chi connectivity index (χ1v) is 9.03. The number of amides is 2. The molecule has 1 aliphatic heterocycles. The molecule has 1 heterocycles. The second-order valence-corrected chi connectivity index (χ2v) is 7.09. The van der Waals surface area contributed by atoms with Gasteiger partial charge in [0.25, 0.3) is 0 Å². The summed E-state index contributed by atoms with van der Waals surface area (Å²) in [6.45, 7) is 1.46. The van der Waals surface area contributed by atoms with E-state index in [4.69, 9.17) is 0 Å². The summed E-state index contributed by atoms with van der Waals surface area (Å²) in [5, 5.41) is 12.4. The van der Waals surface area contributed by atoms with Crippen molar-refractivity contribution in [3.8, 4) is 0 Å². The lowest BCUT2D eigenvalue weighted by atomic mass is 9.81. The average molecular weight is 356 g/mol. The second-order valence-electron chi connectivity index (χ2n) is 7.09. The van der Waals surface area contributed by atoms with Gasteiger partial charge in [-0.25, -0.2) is 4.79 Å². The summed E-state index contributed by atoms with van der Waals surface area (Å²) in [6, 6.07) is 7.20. The number of rotatable bonds is 4. The SMILES string of the molecule is CC(=O)N1C=Cc2ccccc2[C@H]1CC(=O)NC1(C(=O)O)CCCCC1. The van der Waals surface area contributed by atoms with Gasteiger partial charge < -0.3 is 15.3 Å². The summed E-state index contributed by atoms with van der Waals surface area (Å²) in [6.07, 6.45) is 7.06. The monoisotopic (exact) mass is 356 g/mol. The van der Waals surface area contributed by atoms with Gasteiger partial charge in [-0.1, -0.05) is 43.5 Å². The highest BCUT2D eigenvalue weighted by atomic mass is 16.4. The highest BCUT2D eigenvalue weighted by molar-refractivity contribution is 5.88. The van der Waals surface area contributed by atoms with Crippen LogP contribution < -0.4 is 5.32 Å². The van der Waals surface area contributed by atoms with Crippen molar-refractivity contribution in [1.82, 2.24) is 10.2 Å². The maximum Gasteiger partial charge on any atom is 0.329 e. The van der Waals surface area contributed by atoms with Gasteiger partial charge in [-0.05, 0) is 30.0 Å². The van der Waals surface area contributed by atoms with Crippen molar-refractivity contribution >= 4 is 23.9 Å². The number of hydrogen-bond donors (Lipinski definition) is 2. The third kappa shape index (κ3) is 3.49. The summed E-state index contributed by atoms with van der Waals surface area (Å²) < 4.78 is 0. The van der Waals surface area contributed by atoms with Crippen LogP contribution in [0.15, 0.2) is 30.5 Å². The standard InChI is InChI=1S/C20H24N2O4/c1-14(23)22-12-9-15-7-3-4-8-16(15)17(22)13-18(24)21-20(19(25)26)10-5-2-6-11-20/h3-4,7-9,12,17H,2,5-6,10-11,13H2,1H3,(H,21,24)(H,25,26)/t17-/m1/s1.